The zero-order valence-corrected chi connectivity index (χ0v) is 33.2. The normalized spacial score (nSPS) is 11.2. The molecule has 6 nitrogen and oxygen atoms in total. The van der Waals surface area contributed by atoms with Gasteiger partial charge in [-0.1, -0.05) is 146 Å². The summed E-state index contributed by atoms with van der Waals surface area (Å²) in [4.78, 5) is 5.10. The SMILES string of the molecule is N#Cc1cc(-c2nc(-c3ccccc3)c(C#N)c(-c3ccccc3)c2C#N)ccc1-c1cc2c3ccccc3n(-c3ccccc3)c2c2c3ccccc3n(-c3ccccc3)c12. The smallest absolute Gasteiger partial charge is 0.102 e. The van der Waals surface area contributed by atoms with Gasteiger partial charge in [0.25, 0.3) is 0 Å². The second-order valence-electron chi connectivity index (χ2n) is 15.2. The fourth-order valence-corrected chi connectivity index (χ4v) is 9.23. The second kappa shape index (κ2) is 14.7. The molecular weight excluding hydrogens is 757 g/mol. The largest absolute Gasteiger partial charge is 0.309 e. The Balaban J connectivity index is 1.26. The molecule has 0 unspecified atom stereocenters. The van der Waals surface area contributed by atoms with Crippen LogP contribution in [0.5, 0.6) is 0 Å². The van der Waals surface area contributed by atoms with Crippen molar-refractivity contribution in [2.75, 3.05) is 0 Å². The molecule has 3 aromatic heterocycles. The summed E-state index contributed by atoms with van der Waals surface area (Å²) in [5.41, 5.74) is 12.4. The Morgan fingerprint density at radius 3 is 1.48 bits per heavy atom. The van der Waals surface area contributed by atoms with E-state index in [0.717, 1.165) is 77.2 Å². The molecule has 0 aliphatic carbocycles. The number of aromatic nitrogens is 3. The minimum atomic E-state index is 0.269. The van der Waals surface area contributed by atoms with Crippen molar-refractivity contribution in [3.63, 3.8) is 0 Å². The standard InChI is InChI=1S/C56H32N6/c57-33-39-31-38(54-48(35-59)51(36-17-5-1-6-18-36)47(34-58)53(60-54)37-19-7-2-8-20-37)29-30-42(39)45-32-46-43-25-13-15-27-49(43)61(40-21-9-3-10-22-40)56(46)52-44-26-14-16-28-50(44)62(55(45)52)41-23-11-4-12-24-41/h1-32H. The van der Waals surface area contributed by atoms with E-state index < -0.39 is 0 Å². The van der Waals surface area contributed by atoms with Crippen molar-refractivity contribution in [2.24, 2.45) is 0 Å². The maximum atomic E-state index is 11.2. The van der Waals surface area contributed by atoms with Crippen LogP contribution in [-0.2, 0) is 0 Å². The summed E-state index contributed by atoms with van der Waals surface area (Å²) in [6.07, 6.45) is 0. The van der Waals surface area contributed by atoms with E-state index in [2.05, 4.69) is 130 Å². The number of nitriles is 3. The molecule has 6 heteroatoms. The monoisotopic (exact) mass is 788 g/mol. The van der Waals surface area contributed by atoms with Gasteiger partial charge in [-0.05, 0) is 54.1 Å². The van der Waals surface area contributed by atoms with Gasteiger partial charge in [0.1, 0.15) is 12.1 Å². The predicted molar refractivity (Wildman–Crippen MR) is 249 cm³/mol. The lowest BCUT2D eigenvalue weighted by Crippen LogP contribution is -2.02. The molecular formula is C56H32N6. The third-order valence-corrected chi connectivity index (χ3v) is 11.8. The van der Waals surface area contributed by atoms with Crippen LogP contribution in [0.2, 0.25) is 0 Å². The summed E-state index contributed by atoms with van der Waals surface area (Å²) in [7, 11) is 0. The molecule has 0 atom stereocenters. The van der Waals surface area contributed by atoms with Gasteiger partial charge in [-0.2, -0.15) is 15.8 Å². The van der Waals surface area contributed by atoms with Crippen LogP contribution in [0.4, 0.5) is 0 Å². The molecule has 0 N–H and O–H groups in total. The fourth-order valence-electron chi connectivity index (χ4n) is 9.23. The third-order valence-electron chi connectivity index (χ3n) is 11.8. The molecule has 0 aliphatic rings. The Labute approximate surface area is 357 Å². The summed E-state index contributed by atoms with van der Waals surface area (Å²) >= 11 is 0. The predicted octanol–water partition coefficient (Wildman–Crippen LogP) is 13.6. The van der Waals surface area contributed by atoms with Crippen LogP contribution in [0.1, 0.15) is 16.7 Å². The number of pyridine rings is 1. The van der Waals surface area contributed by atoms with Gasteiger partial charge in [0.15, 0.2) is 0 Å². The Bertz CT molecular complexity index is 3690. The lowest BCUT2D eigenvalue weighted by Gasteiger charge is -2.17. The number of rotatable bonds is 6. The molecule has 11 aromatic rings. The fraction of sp³-hybridized carbons (Fsp3) is 0. The minimum Gasteiger partial charge on any atom is -0.309 e. The average Bonchev–Trinajstić information content (AvgIpc) is 3.87. The molecule has 0 saturated carbocycles. The van der Waals surface area contributed by atoms with E-state index in [-0.39, 0.29) is 5.56 Å². The van der Waals surface area contributed by atoms with Crippen molar-refractivity contribution in [2.45, 2.75) is 0 Å². The number of nitrogens with zero attached hydrogens (tertiary/aromatic N) is 6. The number of para-hydroxylation sites is 4. The lowest BCUT2D eigenvalue weighted by atomic mass is 9.88. The highest BCUT2D eigenvalue weighted by molar-refractivity contribution is 6.29. The third kappa shape index (κ3) is 5.51. The Hall–Kier alpha value is -9.02. The van der Waals surface area contributed by atoms with Crippen LogP contribution in [-0.4, -0.2) is 14.1 Å². The van der Waals surface area contributed by atoms with Gasteiger partial charge in [-0.3, -0.25) is 0 Å². The molecule has 3 heterocycles. The van der Waals surface area contributed by atoms with Crippen molar-refractivity contribution in [3.8, 4) is 74.4 Å². The Kier molecular flexibility index (Phi) is 8.54. The van der Waals surface area contributed by atoms with Crippen molar-refractivity contribution in [1.29, 1.82) is 15.8 Å². The molecule has 0 radical (unpaired) electrons. The van der Waals surface area contributed by atoms with E-state index in [9.17, 15) is 15.8 Å². The van der Waals surface area contributed by atoms with Gasteiger partial charge in [0, 0.05) is 60.7 Å². The van der Waals surface area contributed by atoms with Crippen LogP contribution in [0.3, 0.4) is 0 Å². The lowest BCUT2D eigenvalue weighted by molar-refractivity contribution is 1.17. The van der Waals surface area contributed by atoms with E-state index in [1.807, 2.05) is 91.0 Å². The molecule has 8 aromatic carbocycles. The van der Waals surface area contributed by atoms with E-state index in [1.54, 1.807) is 0 Å². The number of fused-ring (bicyclic) bond motifs is 7. The molecule has 11 rings (SSSR count). The highest BCUT2D eigenvalue weighted by Gasteiger charge is 2.27. The highest BCUT2D eigenvalue weighted by Crippen LogP contribution is 2.47. The average molecular weight is 789 g/mol. The highest BCUT2D eigenvalue weighted by atomic mass is 15.0. The zero-order valence-electron chi connectivity index (χ0n) is 33.2. The molecule has 62 heavy (non-hydrogen) atoms. The molecule has 0 saturated heterocycles. The number of hydrogen-bond acceptors (Lipinski definition) is 4. The summed E-state index contributed by atoms with van der Waals surface area (Å²) < 4.78 is 4.68. The van der Waals surface area contributed by atoms with Gasteiger partial charge in [0.2, 0.25) is 0 Å². The maximum absolute atomic E-state index is 11.2. The van der Waals surface area contributed by atoms with Gasteiger partial charge < -0.3 is 9.13 Å². The van der Waals surface area contributed by atoms with Gasteiger partial charge in [-0.25, -0.2) is 4.98 Å². The molecule has 0 fully saturated rings. The molecule has 286 valence electrons. The maximum Gasteiger partial charge on any atom is 0.102 e. The van der Waals surface area contributed by atoms with Gasteiger partial charge in [-0.15, -0.1) is 0 Å². The van der Waals surface area contributed by atoms with Crippen molar-refractivity contribution >= 4 is 43.6 Å². The van der Waals surface area contributed by atoms with Gasteiger partial charge in [0.05, 0.1) is 56.2 Å². The Morgan fingerprint density at radius 2 is 0.887 bits per heavy atom. The van der Waals surface area contributed by atoms with E-state index in [4.69, 9.17) is 4.98 Å². The number of benzene rings is 8. The van der Waals surface area contributed by atoms with Crippen LogP contribution in [0, 0.1) is 34.0 Å². The van der Waals surface area contributed by atoms with Crippen LogP contribution < -0.4 is 0 Å². The summed E-state index contributed by atoms with van der Waals surface area (Å²) in [5.74, 6) is 0. The van der Waals surface area contributed by atoms with Crippen LogP contribution >= 0.6 is 0 Å². The van der Waals surface area contributed by atoms with E-state index >= 15 is 0 Å². The van der Waals surface area contributed by atoms with E-state index in [0.29, 0.717) is 33.6 Å². The second-order valence-corrected chi connectivity index (χ2v) is 15.2. The first-order valence-corrected chi connectivity index (χ1v) is 20.3. The Morgan fingerprint density at radius 1 is 0.387 bits per heavy atom. The van der Waals surface area contributed by atoms with Crippen molar-refractivity contribution in [3.05, 3.63) is 211 Å². The molecule has 0 bridgehead atoms. The van der Waals surface area contributed by atoms with Crippen molar-refractivity contribution in [1.82, 2.24) is 14.1 Å². The minimum absolute atomic E-state index is 0.269. The van der Waals surface area contributed by atoms with Gasteiger partial charge >= 0.3 is 0 Å². The summed E-state index contributed by atoms with van der Waals surface area (Å²) in [6.45, 7) is 0. The molecule has 0 spiro atoms. The molecule has 0 amide bonds. The zero-order chi connectivity index (χ0) is 41.7. The first-order chi connectivity index (χ1) is 30.7. The first kappa shape index (κ1) is 36.1. The first-order valence-electron chi connectivity index (χ1n) is 20.3. The summed E-state index contributed by atoms with van der Waals surface area (Å²) in [5, 5.41) is 37.1. The topological polar surface area (TPSA) is 94.1 Å². The summed E-state index contributed by atoms with van der Waals surface area (Å²) in [6, 6.07) is 72.3. The van der Waals surface area contributed by atoms with Crippen LogP contribution in [0.25, 0.3) is 99.8 Å². The van der Waals surface area contributed by atoms with Crippen LogP contribution in [0.15, 0.2) is 194 Å². The number of hydrogen-bond donors (Lipinski definition) is 0. The molecule has 0 aliphatic heterocycles. The van der Waals surface area contributed by atoms with E-state index in [1.165, 1.54) is 0 Å². The quantitative estimate of drug-likeness (QED) is 0.168. The van der Waals surface area contributed by atoms with Crippen molar-refractivity contribution < 1.29 is 0 Å².